The van der Waals surface area contributed by atoms with Gasteiger partial charge in [-0.15, -0.1) is 0 Å². The molecule has 21 heavy (non-hydrogen) atoms. The van der Waals surface area contributed by atoms with E-state index in [0.717, 1.165) is 22.2 Å². The van der Waals surface area contributed by atoms with Crippen LogP contribution in [0.5, 0.6) is 0 Å². The molecule has 3 rings (SSSR count). The van der Waals surface area contributed by atoms with Crippen molar-refractivity contribution in [3.8, 4) is 11.3 Å². The lowest BCUT2D eigenvalue weighted by molar-refractivity contribution is -0.383. The van der Waals surface area contributed by atoms with Crippen LogP contribution < -0.4 is 0 Å². The highest BCUT2D eigenvalue weighted by molar-refractivity contribution is 6.00. The summed E-state index contributed by atoms with van der Waals surface area (Å²) >= 11 is 0. The Morgan fingerprint density at radius 2 is 1.81 bits per heavy atom. The lowest BCUT2D eigenvalue weighted by Gasteiger charge is -2.03. The maximum Gasteiger partial charge on any atom is 0.281 e. The summed E-state index contributed by atoms with van der Waals surface area (Å²) in [6.07, 6.45) is 0. The first kappa shape index (κ1) is 13.3. The van der Waals surface area contributed by atoms with Gasteiger partial charge in [-0.2, -0.15) is 5.10 Å². The normalized spacial score (nSPS) is 11.0. The monoisotopic (exact) mass is 281 g/mol. The predicted octanol–water partition coefficient (Wildman–Crippen LogP) is 3.77. The molecule has 0 saturated carbocycles. The molecule has 0 aliphatic carbocycles. The molecule has 2 aromatic carbocycles. The summed E-state index contributed by atoms with van der Waals surface area (Å²) in [5, 5.41) is 16.4. The predicted molar refractivity (Wildman–Crippen MR) is 82.3 cm³/mol. The Morgan fingerprint density at radius 1 is 1.14 bits per heavy atom. The minimum Gasteiger partial charge on any atom is -0.267 e. The SMILES string of the molecule is Cc1cc(C)cc(-c2nn(C)c3cccc([N+](=O)[O-])c23)c1. The highest BCUT2D eigenvalue weighted by Crippen LogP contribution is 2.34. The van der Waals surface area contributed by atoms with E-state index >= 15 is 0 Å². The number of nitrogens with zero attached hydrogens (tertiary/aromatic N) is 3. The Balaban J connectivity index is 2.40. The maximum atomic E-state index is 11.3. The van der Waals surface area contributed by atoms with Gasteiger partial charge >= 0.3 is 0 Å². The largest absolute Gasteiger partial charge is 0.281 e. The van der Waals surface area contributed by atoms with Gasteiger partial charge in [0, 0.05) is 18.7 Å². The van der Waals surface area contributed by atoms with Gasteiger partial charge in [0.2, 0.25) is 0 Å². The fraction of sp³-hybridized carbons (Fsp3) is 0.188. The second kappa shape index (κ2) is 4.70. The molecule has 0 amide bonds. The van der Waals surface area contributed by atoms with Gasteiger partial charge in [0.15, 0.2) is 0 Å². The van der Waals surface area contributed by atoms with Crippen LogP contribution in [0.3, 0.4) is 0 Å². The average molecular weight is 281 g/mol. The van der Waals surface area contributed by atoms with Gasteiger partial charge in [-0.25, -0.2) is 0 Å². The maximum absolute atomic E-state index is 11.3. The zero-order valence-electron chi connectivity index (χ0n) is 12.1. The van der Waals surface area contributed by atoms with E-state index in [0.29, 0.717) is 11.1 Å². The third-order valence-corrected chi connectivity index (χ3v) is 3.55. The minimum atomic E-state index is -0.351. The summed E-state index contributed by atoms with van der Waals surface area (Å²) in [5.41, 5.74) is 4.65. The van der Waals surface area contributed by atoms with E-state index in [2.05, 4.69) is 11.2 Å². The molecule has 0 unspecified atom stereocenters. The van der Waals surface area contributed by atoms with Crippen LogP contribution in [-0.4, -0.2) is 14.7 Å². The molecule has 0 atom stereocenters. The first-order chi connectivity index (χ1) is 9.97. The van der Waals surface area contributed by atoms with Crippen molar-refractivity contribution < 1.29 is 4.92 Å². The quantitative estimate of drug-likeness (QED) is 0.530. The van der Waals surface area contributed by atoms with Crippen molar-refractivity contribution in [1.29, 1.82) is 0 Å². The molecular weight excluding hydrogens is 266 g/mol. The van der Waals surface area contributed by atoms with Gasteiger partial charge in [0.05, 0.1) is 10.4 Å². The van der Waals surface area contributed by atoms with Crippen LogP contribution in [0.2, 0.25) is 0 Å². The van der Waals surface area contributed by atoms with E-state index in [4.69, 9.17) is 0 Å². The first-order valence-corrected chi connectivity index (χ1v) is 6.66. The van der Waals surface area contributed by atoms with Gasteiger partial charge < -0.3 is 0 Å². The number of aryl methyl sites for hydroxylation is 3. The van der Waals surface area contributed by atoms with Crippen LogP contribution in [0.4, 0.5) is 5.69 Å². The Bertz CT molecular complexity index is 845. The van der Waals surface area contributed by atoms with E-state index in [-0.39, 0.29) is 10.6 Å². The van der Waals surface area contributed by atoms with E-state index in [9.17, 15) is 10.1 Å². The van der Waals surface area contributed by atoms with Crippen LogP contribution in [-0.2, 0) is 7.05 Å². The van der Waals surface area contributed by atoms with Crippen molar-refractivity contribution in [2.24, 2.45) is 7.05 Å². The summed E-state index contributed by atoms with van der Waals surface area (Å²) in [5.74, 6) is 0. The van der Waals surface area contributed by atoms with Crippen molar-refractivity contribution in [3.05, 3.63) is 57.6 Å². The number of hydrogen-bond donors (Lipinski definition) is 0. The third kappa shape index (κ3) is 2.16. The number of nitro groups is 1. The van der Waals surface area contributed by atoms with E-state index in [1.807, 2.05) is 32.0 Å². The van der Waals surface area contributed by atoms with Crippen LogP contribution in [0.1, 0.15) is 11.1 Å². The summed E-state index contributed by atoms with van der Waals surface area (Å²) in [6.45, 7) is 4.02. The van der Waals surface area contributed by atoms with Gasteiger partial charge in [-0.05, 0) is 32.0 Å². The molecule has 0 aliphatic rings. The Kier molecular flexibility index (Phi) is 2.97. The van der Waals surface area contributed by atoms with Crippen molar-refractivity contribution in [1.82, 2.24) is 9.78 Å². The molecule has 0 aliphatic heterocycles. The highest BCUT2D eigenvalue weighted by Gasteiger charge is 2.20. The van der Waals surface area contributed by atoms with Gasteiger partial charge in [0.1, 0.15) is 11.1 Å². The fourth-order valence-electron chi connectivity index (χ4n) is 2.76. The minimum absolute atomic E-state index is 0.0924. The van der Waals surface area contributed by atoms with Crippen LogP contribution in [0, 0.1) is 24.0 Å². The van der Waals surface area contributed by atoms with E-state index in [1.54, 1.807) is 17.8 Å². The molecular formula is C16H15N3O2. The van der Waals surface area contributed by atoms with Crippen molar-refractivity contribution in [2.75, 3.05) is 0 Å². The molecule has 0 fully saturated rings. The van der Waals surface area contributed by atoms with Crippen LogP contribution in [0.25, 0.3) is 22.2 Å². The van der Waals surface area contributed by atoms with Crippen LogP contribution in [0.15, 0.2) is 36.4 Å². The number of non-ortho nitro benzene ring substituents is 1. The number of benzene rings is 2. The van der Waals surface area contributed by atoms with Crippen LogP contribution >= 0.6 is 0 Å². The van der Waals surface area contributed by atoms with Gasteiger partial charge in [-0.1, -0.05) is 23.3 Å². The third-order valence-electron chi connectivity index (χ3n) is 3.55. The number of nitro benzene ring substituents is 1. The molecule has 0 spiro atoms. The Hall–Kier alpha value is -2.69. The van der Waals surface area contributed by atoms with E-state index < -0.39 is 0 Å². The van der Waals surface area contributed by atoms with Crippen molar-refractivity contribution in [3.63, 3.8) is 0 Å². The molecule has 0 bridgehead atoms. The van der Waals surface area contributed by atoms with E-state index in [1.165, 1.54) is 6.07 Å². The van der Waals surface area contributed by atoms with Crippen molar-refractivity contribution >= 4 is 16.6 Å². The Morgan fingerprint density at radius 3 is 2.43 bits per heavy atom. The summed E-state index contributed by atoms with van der Waals surface area (Å²) in [7, 11) is 1.80. The fourth-order valence-corrected chi connectivity index (χ4v) is 2.76. The molecule has 0 saturated heterocycles. The number of aromatic nitrogens is 2. The smallest absolute Gasteiger partial charge is 0.267 e. The summed E-state index contributed by atoms with van der Waals surface area (Å²) in [6, 6.07) is 11.1. The second-order valence-corrected chi connectivity index (χ2v) is 5.28. The summed E-state index contributed by atoms with van der Waals surface area (Å²) < 4.78 is 1.69. The zero-order valence-corrected chi connectivity index (χ0v) is 12.1. The molecule has 1 aromatic heterocycles. The zero-order chi connectivity index (χ0) is 15.1. The molecule has 5 nitrogen and oxygen atoms in total. The van der Waals surface area contributed by atoms with Gasteiger partial charge in [-0.3, -0.25) is 14.8 Å². The Labute approximate surface area is 122 Å². The highest BCUT2D eigenvalue weighted by atomic mass is 16.6. The van der Waals surface area contributed by atoms with Gasteiger partial charge in [0.25, 0.3) is 5.69 Å². The molecule has 1 heterocycles. The molecule has 5 heteroatoms. The average Bonchev–Trinajstić information content (AvgIpc) is 2.75. The molecule has 3 aromatic rings. The molecule has 0 radical (unpaired) electrons. The number of hydrogen-bond acceptors (Lipinski definition) is 3. The molecule has 0 N–H and O–H groups in total. The first-order valence-electron chi connectivity index (χ1n) is 6.66. The van der Waals surface area contributed by atoms with Crippen molar-refractivity contribution in [2.45, 2.75) is 13.8 Å². The molecule has 106 valence electrons. The number of rotatable bonds is 2. The second-order valence-electron chi connectivity index (χ2n) is 5.28. The summed E-state index contributed by atoms with van der Waals surface area (Å²) in [4.78, 5) is 11.0. The lowest BCUT2D eigenvalue weighted by Crippen LogP contribution is -1.90. The lowest BCUT2D eigenvalue weighted by atomic mass is 10.0. The number of fused-ring (bicyclic) bond motifs is 1. The standard InChI is InChI=1S/C16H15N3O2/c1-10-7-11(2)9-12(8-10)16-15-13(18(3)17-16)5-4-6-14(15)19(20)21/h4-9H,1-3H3. The topological polar surface area (TPSA) is 61.0 Å².